The van der Waals surface area contributed by atoms with Crippen LogP contribution in [0.4, 0.5) is 10.1 Å². The van der Waals surface area contributed by atoms with E-state index in [-0.39, 0.29) is 0 Å². The van der Waals surface area contributed by atoms with Gasteiger partial charge in [0.15, 0.2) is 0 Å². The van der Waals surface area contributed by atoms with Crippen molar-refractivity contribution in [2.45, 2.75) is 4.90 Å². The van der Waals surface area contributed by atoms with Gasteiger partial charge in [-0.25, -0.2) is 26.4 Å². The minimum atomic E-state index is -4.48. The topological polar surface area (TPSA) is 119 Å². The van der Waals surface area contributed by atoms with E-state index in [1.54, 1.807) is 24.3 Å². The van der Waals surface area contributed by atoms with E-state index >= 15 is 0 Å². The van der Waals surface area contributed by atoms with Crippen LogP contribution in [0.25, 0.3) is 28.4 Å². The lowest BCUT2D eigenvalue weighted by molar-refractivity contribution is 0.569. The smallest absolute Gasteiger partial charge is 0.255 e. The number of nitrogens with two attached hydrogens (primary N) is 1. The van der Waals surface area contributed by atoms with Gasteiger partial charge in [0.05, 0.1) is 11.1 Å². The van der Waals surface area contributed by atoms with Gasteiger partial charge in [0.1, 0.15) is 22.1 Å². The number of benzene rings is 3. The first-order valence-corrected chi connectivity index (χ1v) is 12.3. The minimum absolute atomic E-state index is 0.475. The lowest BCUT2D eigenvalue weighted by atomic mass is 10.1. The molecule has 1 heterocycles. The first-order valence-electron chi connectivity index (χ1n) is 9.24. The molecule has 0 bridgehead atoms. The van der Waals surface area contributed by atoms with Crippen LogP contribution in [0.5, 0.6) is 0 Å². The molecule has 3 aromatic carbocycles. The zero-order valence-electron chi connectivity index (χ0n) is 16.4. The van der Waals surface area contributed by atoms with Crippen LogP contribution in [0.2, 0.25) is 0 Å². The maximum Gasteiger partial charge on any atom is 0.255 e. The van der Waals surface area contributed by atoms with Crippen LogP contribution < -0.4 is 9.86 Å². The summed E-state index contributed by atoms with van der Waals surface area (Å²) in [4.78, 5) is -0.924. The Kier molecular flexibility index (Phi) is 5.59. The molecule has 164 valence electrons. The van der Waals surface area contributed by atoms with Gasteiger partial charge in [-0.1, -0.05) is 48.5 Å². The second-order valence-corrected chi connectivity index (χ2v) is 9.95. The van der Waals surface area contributed by atoms with E-state index in [0.717, 1.165) is 34.1 Å². The van der Waals surface area contributed by atoms with Gasteiger partial charge in [-0.2, -0.15) is 0 Å². The molecule has 0 aliphatic rings. The lowest BCUT2D eigenvalue weighted by Crippen LogP contribution is -2.19. The van der Waals surface area contributed by atoms with Crippen molar-refractivity contribution in [2.24, 2.45) is 5.14 Å². The van der Waals surface area contributed by atoms with Crippen LogP contribution in [0, 0.1) is 5.82 Å². The van der Waals surface area contributed by atoms with Crippen LogP contribution in [0.15, 0.2) is 87.5 Å². The number of anilines is 1. The van der Waals surface area contributed by atoms with E-state index in [9.17, 15) is 21.2 Å². The normalized spacial score (nSPS) is 12.4. The third kappa shape index (κ3) is 4.72. The third-order valence-corrected chi connectivity index (χ3v) is 6.55. The number of primary sulfonamides is 1. The highest BCUT2D eigenvalue weighted by Crippen LogP contribution is 2.28. The summed E-state index contributed by atoms with van der Waals surface area (Å²) in [7, 11) is -8.63. The molecule has 10 heteroatoms. The van der Waals surface area contributed by atoms with E-state index in [4.69, 9.17) is 9.56 Å². The van der Waals surface area contributed by atoms with Crippen LogP contribution >= 0.6 is 0 Å². The molecule has 0 spiro atoms. The summed E-state index contributed by atoms with van der Waals surface area (Å²) in [5, 5.41) is 6.82. The van der Waals surface area contributed by atoms with E-state index in [1.165, 1.54) is 12.1 Å². The Hall–Kier alpha value is -3.47. The Morgan fingerprint density at radius 2 is 1.62 bits per heavy atom. The van der Waals surface area contributed by atoms with E-state index in [0.29, 0.717) is 11.3 Å². The highest BCUT2D eigenvalue weighted by molar-refractivity contribution is 7.95. The van der Waals surface area contributed by atoms with Crippen LogP contribution in [0.3, 0.4) is 0 Å². The minimum Gasteiger partial charge on any atom is -0.456 e. The van der Waals surface area contributed by atoms with Crippen molar-refractivity contribution < 1.29 is 25.6 Å². The number of nitrogens with one attached hydrogen (secondary N) is 1. The number of hydrogen-bond acceptors (Lipinski definition) is 5. The summed E-state index contributed by atoms with van der Waals surface area (Å²) < 4.78 is 69.7. The molecular formula is C22H17FN2O5S2. The monoisotopic (exact) mass is 472 g/mol. The zero-order valence-corrected chi connectivity index (χ0v) is 18.0. The Labute approximate surface area is 184 Å². The van der Waals surface area contributed by atoms with Gasteiger partial charge in [0, 0.05) is 10.9 Å². The quantitative estimate of drug-likeness (QED) is 0.434. The molecular weight excluding hydrogens is 455 g/mol. The van der Waals surface area contributed by atoms with Crippen molar-refractivity contribution in [3.05, 3.63) is 89.6 Å². The summed E-state index contributed by atoms with van der Waals surface area (Å²) in [5.41, 5.74) is 1.68. The largest absolute Gasteiger partial charge is 0.456 e. The van der Waals surface area contributed by atoms with Gasteiger partial charge in [-0.15, -0.1) is 0 Å². The summed E-state index contributed by atoms with van der Waals surface area (Å²) >= 11 is 0. The number of furan rings is 1. The third-order valence-electron chi connectivity index (χ3n) is 4.56. The predicted molar refractivity (Wildman–Crippen MR) is 121 cm³/mol. The maximum atomic E-state index is 13.9. The highest BCUT2D eigenvalue weighted by atomic mass is 32.2. The second-order valence-electron chi connectivity index (χ2n) is 6.88. The fourth-order valence-corrected chi connectivity index (χ4v) is 4.83. The predicted octanol–water partition coefficient (Wildman–Crippen LogP) is 4.30. The number of fused-ring (bicyclic) bond motifs is 1. The second kappa shape index (κ2) is 8.23. The molecule has 0 amide bonds. The molecule has 3 N–H and O–H groups in total. The zero-order chi connectivity index (χ0) is 22.9. The molecule has 7 nitrogen and oxygen atoms in total. The van der Waals surface area contributed by atoms with Crippen LogP contribution in [-0.2, 0) is 20.0 Å². The molecule has 0 unspecified atom stereocenters. The highest BCUT2D eigenvalue weighted by Gasteiger charge is 2.21. The standard InChI is InChI=1S/C22H17FN2O5S2/c23-18-5-3-6-19(22(18)32(24,28)29)25-31(26,27)13-12-15-8-10-16(11-9-15)21-14-17-4-1-2-7-20(17)30-21/h1-14,25H,(H2,24,28,29)/b13-12+. The fraction of sp³-hybridized carbons (Fsp3) is 0. The number of sulfonamides is 2. The van der Waals surface area contributed by atoms with Crippen molar-refractivity contribution in [3.63, 3.8) is 0 Å². The molecule has 0 radical (unpaired) electrons. The molecule has 4 aromatic rings. The van der Waals surface area contributed by atoms with Gasteiger partial charge in [0.2, 0.25) is 10.0 Å². The SMILES string of the molecule is NS(=O)(=O)c1c(F)cccc1NS(=O)(=O)/C=C/c1ccc(-c2cc3ccccc3o2)cc1. The first-order chi connectivity index (χ1) is 15.1. The van der Waals surface area contributed by atoms with Gasteiger partial charge < -0.3 is 4.42 Å². The van der Waals surface area contributed by atoms with Crippen molar-refractivity contribution >= 4 is 42.8 Å². The Balaban J connectivity index is 1.55. The molecule has 0 saturated carbocycles. The summed E-state index contributed by atoms with van der Waals surface area (Å²) in [5.74, 6) is -0.476. The summed E-state index contributed by atoms with van der Waals surface area (Å²) in [6.07, 6.45) is 1.32. The summed E-state index contributed by atoms with van der Waals surface area (Å²) in [6.45, 7) is 0. The average molecular weight is 473 g/mol. The van der Waals surface area contributed by atoms with Crippen molar-refractivity contribution in [2.75, 3.05) is 4.72 Å². The van der Waals surface area contributed by atoms with Gasteiger partial charge >= 0.3 is 0 Å². The number of rotatable bonds is 6. The number of hydrogen-bond donors (Lipinski definition) is 2. The van der Waals surface area contributed by atoms with E-state index in [2.05, 4.69) is 0 Å². The number of halogens is 1. The van der Waals surface area contributed by atoms with Gasteiger partial charge in [0.25, 0.3) is 10.0 Å². The van der Waals surface area contributed by atoms with Crippen LogP contribution in [-0.4, -0.2) is 16.8 Å². The molecule has 0 atom stereocenters. The molecule has 0 saturated heterocycles. The average Bonchev–Trinajstić information content (AvgIpc) is 3.16. The van der Waals surface area contributed by atoms with Gasteiger partial charge in [-0.05, 0) is 35.9 Å². The van der Waals surface area contributed by atoms with Crippen molar-refractivity contribution in [3.8, 4) is 11.3 Å². The number of para-hydroxylation sites is 1. The van der Waals surface area contributed by atoms with E-state index in [1.807, 2.05) is 35.1 Å². The van der Waals surface area contributed by atoms with Crippen LogP contribution in [0.1, 0.15) is 5.56 Å². The lowest BCUT2D eigenvalue weighted by Gasteiger charge is -2.10. The maximum absolute atomic E-state index is 13.9. The van der Waals surface area contributed by atoms with Crippen molar-refractivity contribution in [1.82, 2.24) is 0 Å². The molecule has 1 aromatic heterocycles. The molecule has 0 aliphatic heterocycles. The molecule has 32 heavy (non-hydrogen) atoms. The Bertz CT molecular complexity index is 1510. The molecule has 4 rings (SSSR count). The molecule has 0 fully saturated rings. The Morgan fingerprint density at radius 1 is 0.906 bits per heavy atom. The first kappa shape index (κ1) is 21.8. The van der Waals surface area contributed by atoms with E-state index < -0.39 is 36.4 Å². The molecule has 0 aliphatic carbocycles. The fourth-order valence-electron chi connectivity index (χ4n) is 3.12. The van der Waals surface area contributed by atoms with Crippen molar-refractivity contribution in [1.29, 1.82) is 0 Å². The van der Waals surface area contributed by atoms with Gasteiger partial charge in [-0.3, -0.25) is 4.72 Å². The summed E-state index contributed by atoms with van der Waals surface area (Å²) in [6, 6.07) is 19.6. The Morgan fingerprint density at radius 3 is 2.31 bits per heavy atom.